The van der Waals surface area contributed by atoms with Gasteiger partial charge in [0.05, 0.1) is 15.5 Å². The molecule has 116 valence electrons. The van der Waals surface area contributed by atoms with Crippen LogP contribution < -0.4 is 0 Å². The van der Waals surface area contributed by atoms with Gasteiger partial charge in [-0.05, 0) is 18.6 Å². The zero-order valence-electron chi connectivity index (χ0n) is 11.5. The first-order valence-electron chi connectivity index (χ1n) is 6.50. The minimum Gasteiger partial charge on any atom is -0.480 e. The van der Waals surface area contributed by atoms with Crippen LogP contribution in [0.2, 0.25) is 4.34 Å². The van der Waals surface area contributed by atoms with Crippen LogP contribution >= 0.6 is 46.5 Å². The summed E-state index contributed by atoms with van der Waals surface area (Å²) in [6, 6.07) is 3.10. The molecular formula is C13H16ClNO3S3. The fourth-order valence-electron chi connectivity index (χ4n) is 2.15. The number of aliphatic carboxylic acids is 1. The lowest BCUT2D eigenvalue weighted by Crippen LogP contribution is -2.46. The fraction of sp³-hybridized carbons (Fsp3) is 0.538. The third-order valence-electron chi connectivity index (χ3n) is 3.11. The van der Waals surface area contributed by atoms with Crippen molar-refractivity contribution in [2.24, 2.45) is 0 Å². The number of hydrogen-bond acceptors (Lipinski definition) is 5. The highest BCUT2D eigenvalue weighted by atomic mass is 35.5. The van der Waals surface area contributed by atoms with Crippen LogP contribution in [0, 0.1) is 0 Å². The zero-order chi connectivity index (χ0) is 15.4. The van der Waals surface area contributed by atoms with E-state index in [-0.39, 0.29) is 11.3 Å². The van der Waals surface area contributed by atoms with Gasteiger partial charge in [-0.25, -0.2) is 4.79 Å². The Balaban J connectivity index is 1.89. The normalized spacial score (nSPS) is 21.7. The SMILES string of the molecule is CCC1SCC(C(=O)O)N1C(=O)CSCc1ccc(Cl)s1. The van der Waals surface area contributed by atoms with Crippen molar-refractivity contribution in [3.05, 3.63) is 21.3 Å². The molecule has 2 rings (SSSR count). The van der Waals surface area contributed by atoms with Crippen molar-refractivity contribution in [1.82, 2.24) is 4.90 Å². The van der Waals surface area contributed by atoms with E-state index in [0.29, 0.717) is 11.5 Å². The molecule has 0 saturated carbocycles. The molecule has 1 fully saturated rings. The van der Waals surface area contributed by atoms with E-state index in [9.17, 15) is 14.7 Å². The van der Waals surface area contributed by atoms with Gasteiger partial charge in [0, 0.05) is 16.4 Å². The largest absolute Gasteiger partial charge is 0.480 e. The molecule has 0 aromatic carbocycles. The lowest BCUT2D eigenvalue weighted by molar-refractivity contribution is -0.148. The monoisotopic (exact) mass is 365 g/mol. The number of carboxylic acid groups (broad SMARTS) is 1. The average Bonchev–Trinajstić information content (AvgIpc) is 3.04. The average molecular weight is 366 g/mol. The highest BCUT2D eigenvalue weighted by molar-refractivity contribution is 8.00. The molecule has 1 aromatic rings. The molecule has 0 radical (unpaired) electrons. The molecule has 1 aliphatic rings. The first-order chi connectivity index (χ1) is 10.0. The molecule has 1 aliphatic heterocycles. The van der Waals surface area contributed by atoms with Crippen molar-refractivity contribution in [3.63, 3.8) is 0 Å². The Morgan fingerprint density at radius 3 is 2.86 bits per heavy atom. The lowest BCUT2D eigenvalue weighted by Gasteiger charge is -2.26. The summed E-state index contributed by atoms with van der Waals surface area (Å²) in [7, 11) is 0. The highest BCUT2D eigenvalue weighted by Crippen LogP contribution is 2.32. The van der Waals surface area contributed by atoms with E-state index in [0.717, 1.165) is 21.4 Å². The number of halogens is 1. The molecule has 1 N–H and O–H groups in total. The summed E-state index contributed by atoms with van der Waals surface area (Å²) in [6.07, 6.45) is 0.769. The van der Waals surface area contributed by atoms with E-state index >= 15 is 0 Å². The van der Waals surface area contributed by atoms with Crippen molar-refractivity contribution in [3.8, 4) is 0 Å². The molecule has 0 spiro atoms. The van der Waals surface area contributed by atoms with Gasteiger partial charge < -0.3 is 10.0 Å². The lowest BCUT2D eigenvalue weighted by atomic mass is 10.2. The Morgan fingerprint density at radius 2 is 2.29 bits per heavy atom. The quantitative estimate of drug-likeness (QED) is 0.837. The van der Waals surface area contributed by atoms with Gasteiger partial charge in [0.1, 0.15) is 6.04 Å². The summed E-state index contributed by atoms with van der Waals surface area (Å²) in [4.78, 5) is 26.2. The number of nitrogens with zero attached hydrogens (tertiary/aromatic N) is 1. The molecule has 21 heavy (non-hydrogen) atoms. The standard InChI is InChI=1S/C13H16ClNO3S3/c1-2-12-15(9(6-20-12)13(17)18)11(16)7-19-5-8-3-4-10(14)21-8/h3-4,9,12H,2,5-7H2,1H3,(H,17,18). The number of carbonyl (C=O) groups is 2. The van der Waals surface area contributed by atoms with E-state index in [1.807, 2.05) is 19.1 Å². The van der Waals surface area contributed by atoms with Gasteiger partial charge >= 0.3 is 5.97 Å². The number of amides is 1. The van der Waals surface area contributed by atoms with Crippen molar-refractivity contribution >= 4 is 58.3 Å². The van der Waals surface area contributed by atoms with Crippen LogP contribution in [-0.4, -0.2) is 44.8 Å². The van der Waals surface area contributed by atoms with Crippen LogP contribution in [0.25, 0.3) is 0 Å². The summed E-state index contributed by atoms with van der Waals surface area (Å²) < 4.78 is 0.741. The van der Waals surface area contributed by atoms with Gasteiger partial charge in [-0.1, -0.05) is 18.5 Å². The number of thiophene rings is 1. The second-order valence-corrected chi connectivity index (χ2v) is 8.55. The minimum atomic E-state index is -0.915. The molecule has 2 atom stereocenters. The smallest absolute Gasteiger partial charge is 0.327 e. The maximum Gasteiger partial charge on any atom is 0.327 e. The summed E-state index contributed by atoms with van der Waals surface area (Å²) in [5.74, 6) is 0.494. The number of hydrogen-bond donors (Lipinski definition) is 1. The van der Waals surface area contributed by atoms with Crippen LogP contribution in [0.4, 0.5) is 0 Å². The molecule has 2 heterocycles. The first kappa shape index (κ1) is 17.0. The van der Waals surface area contributed by atoms with E-state index in [2.05, 4.69) is 0 Å². The fourth-order valence-corrected chi connectivity index (χ4v) is 5.61. The predicted octanol–water partition coefficient (Wildman–Crippen LogP) is 3.40. The molecule has 2 unspecified atom stereocenters. The molecule has 4 nitrogen and oxygen atoms in total. The van der Waals surface area contributed by atoms with Crippen LogP contribution in [0.15, 0.2) is 12.1 Å². The third-order valence-corrected chi connectivity index (χ3v) is 6.95. The Labute approximate surface area is 141 Å². The first-order valence-corrected chi connectivity index (χ1v) is 9.90. The van der Waals surface area contributed by atoms with E-state index < -0.39 is 12.0 Å². The van der Waals surface area contributed by atoms with Gasteiger partial charge in [-0.3, -0.25) is 4.79 Å². The Hall–Kier alpha value is -0.370. The van der Waals surface area contributed by atoms with Crippen LogP contribution in [0.5, 0.6) is 0 Å². The number of rotatable bonds is 6. The molecule has 1 aromatic heterocycles. The maximum absolute atomic E-state index is 12.3. The summed E-state index contributed by atoms with van der Waals surface area (Å²) in [5, 5.41) is 9.21. The second kappa shape index (κ2) is 7.76. The van der Waals surface area contributed by atoms with E-state index in [1.54, 1.807) is 16.7 Å². The van der Waals surface area contributed by atoms with Gasteiger partial charge in [-0.15, -0.1) is 34.9 Å². The zero-order valence-corrected chi connectivity index (χ0v) is 14.7. The van der Waals surface area contributed by atoms with Gasteiger partial charge in [-0.2, -0.15) is 0 Å². The summed E-state index contributed by atoms with van der Waals surface area (Å²) >= 11 is 10.4. The number of carboxylic acids is 1. The number of carbonyl (C=O) groups excluding carboxylic acids is 1. The van der Waals surface area contributed by atoms with Crippen molar-refractivity contribution in [2.45, 2.75) is 30.5 Å². The second-order valence-electron chi connectivity index (χ2n) is 4.55. The molecular weight excluding hydrogens is 350 g/mol. The molecule has 1 amide bonds. The highest BCUT2D eigenvalue weighted by Gasteiger charge is 2.40. The van der Waals surface area contributed by atoms with Crippen molar-refractivity contribution in [2.75, 3.05) is 11.5 Å². The molecule has 1 saturated heterocycles. The summed E-state index contributed by atoms with van der Waals surface area (Å²) in [5.41, 5.74) is 0. The summed E-state index contributed by atoms with van der Waals surface area (Å²) in [6.45, 7) is 1.98. The molecule has 8 heteroatoms. The van der Waals surface area contributed by atoms with E-state index in [1.165, 1.54) is 23.1 Å². The van der Waals surface area contributed by atoms with Crippen molar-refractivity contribution < 1.29 is 14.7 Å². The Kier molecular flexibility index (Phi) is 6.28. The third kappa shape index (κ3) is 4.31. The Bertz CT molecular complexity index is 523. The van der Waals surface area contributed by atoms with Gasteiger partial charge in [0.2, 0.25) is 5.91 Å². The van der Waals surface area contributed by atoms with Crippen LogP contribution in [0.1, 0.15) is 18.2 Å². The number of thioether (sulfide) groups is 2. The predicted molar refractivity (Wildman–Crippen MR) is 90.3 cm³/mol. The minimum absolute atomic E-state index is 0.0182. The van der Waals surface area contributed by atoms with E-state index in [4.69, 9.17) is 11.6 Å². The molecule has 0 bridgehead atoms. The molecule has 0 aliphatic carbocycles. The van der Waals surface area contributed by atoms with Gasteiger partial charge in [0.25, 0.3) is 0 Å². The Morgan fingerprint density at radius 1 is 1.52 bits per heavy atom. The van der Waals surface area contributed by atoms with Crippen LogP contribution in [-0.2, 0) is 15.3 Å². The topological polar surface area (TPSA) is 57.6 Å². The van der Waals surface area contributed by atoms with Crippen molar-refractivity contribution in [1.29, 1.82) is 0 Å². The van der Waals surface area contributed by atoms with Gasteiger partial charge in [0.15, 0.2) is 0 Å². The van der Waals surface area contributed by atoms with Crippen LogP contribution in [0.3, 0.4) is 0 Å². The maximum atomic E-state index is 12.3.